The van der Waals surface area contributed by atoms with Crippen LogP contribution in [0.5, 0.6) is 5.75 Å². The zero-order chi connectivity index (χ0) is 15.5. The van der Waals surface area contributed by atoms with Crippen LogP contribution >= 0.6 is 15.9 Å². The minimum Gasteiger partial charge on any atom is -0.493 e. The van der Waals surface area contributed by atoms with Crippen LogP contribution in [0, 0.1) is 5.41 Å². The first-order chi connectivity index (χ1) is 9.85. The van der Waals surface area contributed by atoms with E-state index in [1.807, 2.05) is 6.07 Å². The Morgan fingerprint density at radius 1 is 1.10 bits per heavy atom. The summed E-state index contributed by atoms with van der Waals surface area (Å²) < 4.78 is 7.09. The third kappa shape index (κ3) is 5.01. The molecule has 0 aromatic heterocycles. The molecule has 0 heterocycles. The molecular weight excluding hydrogens is 326 g/mol. The van der Waals surface area contributed by atoms with Crippen LogP contribution < -0.4 is 10.1 Å². The maximum Gasteiger partial charge on any atom is 0.119 e. The molecule has 2 rings (SSSR count). The van der Waals surface area contributed by atoms with E-state index in [9.17, 15) is 0 Å². The maximum atomic E-state index is 5.99. The average molecular weight is 350 g/mol. The summed E-state index contributed by atoms with van der Waals surface area (Å²) in [5.41, 5.74) is 0.110. The summed E-state index contributed by atoms with van der Waals surface area (Å²) in [6.07, 6.45) is 0. The fourth-order valence-electron chi connectivity index (χ4n) is 2.09. The molecule has 2 nitrogen and oxygen atoms in total. The second kappa shape index (κ2) is 6.80. The quantitative estimate of drug-likeness (QED) is 0.791. The van der Waals surface area contributed by atoms with Crippen LogP contribution in [0.25, 0.3) is 10.8 Å². The van der Waals surface area contributed by atoms with E-state index in [0.29, 0.717) is 12.6 Å². The van der Waals surface area contributed by atoms with Gasteiger partial charge in [0.05, 0.1) is 6.61 Å². The predicted octanol–water partition coefficient (Wildman–Crippen LogP) is 5.01. The van der Waals surface area contributed by atoms with E-state index in [4.69, 9.17) is 4.74 Å². The Morgan fingerprint density at radius 2 is 1.76 bits per heavy atom. The highest BCUT2D eigenvalue weighted by molar-refractivity contribution is 9.10. The van der Waals surface area contributed by atoms with E-state index in [1.54, 1.807) is 0 Å². The first-order valence-electron chi connectivity index (χ1n) is 7.41. The molecule has 0 saturated heterocycles. The van der Waals surface area contributed by atoms with Crippen molar-refractivity contribution in [2.75, 3.05) is 13.2 Å². The third-order valence-corrected chi connectivity index (χ3v) is 3.89. The topological polar surface area (TPSA) is 21.3 Å². The molecule has 2 aromatic rings. The van der Waals surface area contributed by atoms with Gasteiger partial charge in [-0.1, -0.05) is 55.8 Å². The number of ether oxygens (including phenoxy) is 1. The normalized spacial score (nSPS) is 12.1. The Bertz CT molecular complexity index is 607. The van der Waals surface area contributed by atoms with Crippen molar-refractivity contribution in [3.63, 3.8) is 0 Å². The Kier molecular flexibility index (Phi) is 5.28. The lowest BCUT2D eigenvalue weighted by molar-refractivity contribution is 0.173. The lowest BCUT2D eigenvalue weighted by atomic mass is 9.94. The highest BCUT2D eigenvalue weighted by atomic mass is 79.9. The number of fused-ring (bicyclic) bond motifs is 1. The first-order valence-corrected chi connectivity index (χ1v) is 8.20. The smallest absolute Gasteiger partial charge is 0.119 e. The minimum atomic E-state index is 0.110. The van der Waals surface area contributed by atoms with Crippen molar-refractivity contribution >= 4 is 26.7 Å². The number of hydrogen-bond donors (Lipinski definition) is 1. The fraction of sp³-hybridized carbons (Fsp3) is 0.444. The van der Waals surface area contributed by atoms with Gasteiger partial charge in [0.1, 0.15) is 5.75 Å². The molecule has 0 atom stereocenters. The van der Waals surface area contributed by atoms with Crippen molar-refractivity contribution in [3.8, 4) is 5.75 Å². The summed E-state index contributed by atoms with van der Waals surface area (Å²) >= 11 is 3.50. The number of hydrogen-bond acceptors (Lipinski definition) is 2. The lowest BCUT2D eigenvalue weighted by Crippen LogP contribution is -2.37. The molecule has 0 spiro atoms. The summed E-state index contributed by atoms with van der Waals surface area (Å²) in [7, 11) is 0. The van der Waals surface area contributed by atoms with Crippen LogP contribution in [-0.2, 0) is 0 Å². The molecule has 0 unspecified atom stereocenters. The van der Waals surface area contributed by atoms with Gasteiger partial charge in [-0.15, -0.1) is 0 Å². The molecule has 0 aliphatic carbocycles. The maximum absolute atomic E-state index is 5.99. The van der Waals surface area contributed by atoms with Crippen LogP contribution in [0.3, 0.4) is 0 Å². The summed E-state index contributed by atoms with van der Waals surface area (Å²) in [6, 6.07) is 13.0. The Hall–Kier alpha value is -1.06. The van der Waals surface area contributed by atoms with E-state index >= 15 is 0 Å². The summed E-state index contributed by atoms with van der Waals surface area (Å²) in [5.74, 6) is 0.933. The molecule has 2 aromatic carbocycles. The molecule has 114 valence electrons. The number of halogens is 1. The van der Waals surface area contributed by atoms with E-state index in [1.165, 1.54) is 10.8 Å². The molecule has 0 aliphatic rings. The van der Waals surface area contributed by atoms with Crippen LogP contribution in [0.15, 0.2) is 40.9 Å². The minimum absolute atomic E-state index is 0.110. The lowest BCUT2D eigenvalue weighted by Gasteiger charge is -2.26. The van der Waals surface area contributed by atoms with Gasteiger partial charge in [0.15, 0.2) is 0 Å². The summed E-state index contributed by atoms with van der Waals surface area (Å²) in [6.45, 7) is 10.4. The molecule has 0 radical (unpaired) electrons. The predicted molar refractivity (Wildman–Crippen MR) is 94.1 cm³/mol. The van der Waals surface area contributed by atoms with Crippen molar-refractivity contribution in [1.29, 1.82) is 0 Å². The van der Waals surface area contributed by atoms with Gasteiger partial charge in [-0.3, -0.25) is 0 Å². The second-order valence-electron chi connectivity index (χ2n) is 6.64. The van der Waals surface area contributed by atoms with E-state index in [0.717, 1.165) is 16.8 Å². The molecule has 1 N–H and O–H groups in total. The number of benzene rings is 2. The van der Waals surface area contributed by atoms with Gasteiger partial charge in [0.2, 0.25) is 0 Å². The monoisotopic (exact) mass is 349 g/mol. The number of rotatable bonds is 6. The Morgan fingerprint density at radius 3 is 2.48 bits per heavy atom. The van der Waals surface area contributed by atoms with Crippen LogP contribution in [0.1, 0.15) is 27.7 Å². The largest absolute Gasteiger partial charge is 0.493 e. The Balaban J connectivity index is 2.01. The molecule has 3 heteroatoms. The molecule has 0 bridgehead atoms. The van der Waals surface area contributed by atoms with Gasteiger partial charge >= 0.3 is 0 Å². The average Bonchev–Trinajstić information content (AvgIpc) is 2.43. The fourth-order valence-corrected chi connectivity index (χ4v) is 2.47. The Labute approximate surface area is 136 Å². The highest BCUT2D eigenvalue weighted by Gasteiger charge is 2.19. The molecule has 21 heavy (non-hydrogen) atoms. The van der Waals surface area contributed by atoms with Crippen molar-refractivity contribution in [3.05, 3.63) is 40.9 Å². The van der Waals surface area contributed by atoms with Crippen molar-refractivity contribution in [1.82, 2.24) is 5.32 Å². The van der Waals surface area contributed by atoms with Gasteiger partial charge in [-0.05, 0) is 35.0 Å². The molecular formula is C18H24BrNO. The molecule has 0 amide bonds. The zero-order valence-electron chi connectivity index (χ0n) is 13.2. The summed E-state index contributed by atoms with van der Waals surface area (Å²) in [5, 5.41) is 5.90. The van der Waals surface area contributed by atoms with Gasteiger partial charge in [0, 0.05) is 22.5 Å². The van der Waals surface area contributed by atoms with Gasteiger partial charge < -0.3 is 10.1 Å². The van der Waals surface area contributed by atoms with E-state index in [2.05, 4.69) is 79.3 Å². The number of nitrogens with one attached hydrogen (secondary N) is 1. The van der Waals surface area contributed by atoms with Crippen molar-refractivity contribution < 1.29 is 4.74 Å². The second-order valence-corrected chi connectivity index (χ2v) is 7.56. The van der Waals surface area contributed by atoms with E-state index in [-0.39, 0.29) is 5.41 Å². The van der Waals surface area contributed by atoms with Gasteiger partial charge in [-0.2, -0.15) is 0 Å². The van der Waals surface area contributed by atoms with Crippen LogP contribution in [-0.4, -0.2) is 19.2 Å². The molecule has 0 fully saturated rings. The SMILES string of the molecule is CC(C)NCC(C)(C)COc1ccc2cc(Br)ccc2c1. The van der Waals surface area contributed by atoms with Crippen molar-refractivity contribution in [2.45, 2.75) is 33.7 Å². The zero-order valence-corrected chi connectivity index (χ0v) is 14.8. The standard InChI is InChI=1S/C18H24BrNO/c1-13(2)20-11-18(3,4)12-21-17-8-6-14-9-16(19)7-5-15(14)10-17/h5-10,13,20H,11-12H2,1-4H3. The third-order valence-electron chi connectivity index (χ3n) is 3.39. The molecule has 0 saturated carbocycles. The van der Waals surface area contributed by atoms with Gasteiger partial charge in [-0.25, -0.2) is 0 Å². The van der Waals surface area contributed by atoms with E-state index < -0.39 is 0 Å². The van der Waals surface area contributed by atoms with Crippen LogP contribution in [0.4, 0.5) is 0 Å². The first kappa shape index (κ1) is 16.3. The highest BCUT2D eigenvalue weighted by Crippen LogP contribution is 2.25. The van der Waals surface area contributed by atoms with Crippen LogP contribution in [0.2, 0.25) is 0 Å². The molecule has 0 aliphatic heterocycles. The summed E-state index contributed by atoms with van der Waals surface area (Å²) in [4.78, 5) is 0. The van der Waals surface area contributed by atoms with Gasteiger partial charge in [0.25, 0.3) is 0 Å². The van der Waals surface area contributed by atoms with Crippen molar-refractivity contribution in [2.24, 2.45) is 5.41 Å².